The smallest absolute Gasteiger partial charge is 0.168 e. The maximum absolute atomic E-state index is 5.22. The monoisotopic (exact) mass is 373 g/mol. The number of methoxy groups -OCH3 is 1. The second kappa shape index (κ2) is 8.08. The molecule has 0 aliphatic rings. The Morgan fingerprint density at radius 1 is 1.00 bits per heavy atom. The summed E-state index contributed by atoms with van der Waals surface area (Å²) in [6, 6.07) is 16.2. The second-order valence-corrected chi connectivity index (χ2v) is 6.64. The number of nitrogens with one attached hydrogen (secondary N) is 1. The van der Waals surface area contributed by atoms with Crippen molar-refractivity contribution in [1.82, 2.24) is 19.7 Å². The molecule has 0 aliphatic heterocycles. The number of hydrogen-bond acceptors (Lipinski definition) is 5. The molecule has 2 heterocycles. The van der Waals surface area contributed by atoms with E-state index in [0.717, 1.165) is 40.4 Å². The summed E-state index contributed by atoms with van der Waals surface area (Å²) in [7, 11) is 1.65. The molecule has 0 amide bonds. The Balaban J connectivity index is 1.61. The zero-order chi connectivity index (χ0) is 19.3. The van der Waals surface area contributed by atoms with Crippen molar-refractivity contribution in [2.75, 3.05) is 12.4 Å². The van der Waals surface area contributed by atoms with E-state index in [9.17, 15) is 0 Å². The number of aryl methyl sites for hydroxylation is 1. The molecule has 4 rings (SSSR count). The first kappa shape index (κ1) is 18.0. The molecule has 0 aliphatic carbocycles. The lowest BCUT2D eigenvalue weighted by Gasteiger charge is -2.08. The molecule has 2 aromatic heterocycles. The van der Waals surface area contributed by atoms with Crippen molar-refractivity contribution in [2.45, 2.75) is 26.2 Å². The van der Waals surface area contributed by atoms with E-state index in [1.807, 2.05) is 24.3 Å². The molecule has 1 N–H and O–H groups in total. The van der Waals surface area contributed by atoms with Crippen LogP contribution < -0.4 is 10.1 Å². The molecule has 0 saturated heterocycles. The van der Waals surface area contributed by atoms with E-state index in [1.165, 1.54) is 18.4 Å². The van der Waals surface area contributed by atoms with Gasteiger partial charge in [0.25, 0.3) is 0 Å². The second-order valence-electron chi connectivity index (χ2n) is 6.64. The Hall–Kier alpha value is -3.41. The highest BCUT2D eigenvalue weighted by molar-refractivity contribution is 5.89. The molecule has 0 bridgehead atoms. The molecular weight excluding hydrogens is 350 g/mol. The van der Waals surface area contributed by atoms with Gasteiger partial charge in [-0.05, 0) is 54.8 Å². The van der Waals surface area contributed by atoms with Crippen molar-refractivity contribution in [2.24, 2.45) is 0 Å². The first-order chi connectivity index (χ1) is 13.8. The topological polar surface area (TPSA) is 64.9 Å². The van der Waals surface area contributed by atoms with Crippen LogP contribution >= 0.6 is 0 Å². The molecule has 0 unspecified atom stereocenters. The summed E-state index contributed by atoms with van der Waals surface area (Å²) in [5, 5.41) is 8.76. The maximum atomic E-state index is 5.22. The Kier molecular flexibility index (Phi) is 5.19. The number of aromatic nitrogens is 4. The van der Waals surface area contributed by atoms with Gasteiger partial charge in [-0.2, -0.15) is 5.10 Å². The minimum absolute atomic E-state index is 0.742. The number of hydrogen-bond donors (Lipinski definition) is 1. The van der Waals surface area contributed by atoms with Crippen molar-refractivity contribution < 1.29 is 4.74 Å². The number of unbranched alkanes of at least 4 members (excludes halogenated alkanes) is 1. The highest BCUT2D eigenvalue weighted by Crippen LogP contribution is 2.25. The average Bonchev–Trinajstić information content (AvgIpc) is 3.18. The normalized spacial score (nSPS) is 10.9. The lowest BCUT2D eigenvalue weighted by atomic mass is 10.1. The molecule has 6 nitrogen and oxygen atoms in total. The molecule has 2 aromatic carbocycles. The number of fused-ring (bicyclic) bond motifs is 1. The molecule has 0 atom stereocenters. The van der Waals surface area contributed by atoms with E-state index in [0.29, 0.717) is 0 Å². The third-order valence-electron chi connectivity index (χ3n) is 4.72. The lowest BCUT2D eigenvalue weighted by molar-refractivity contribution is 0.414. The third-order valence-corrected chi connectivity index (χ3v) is 4.72. The summed E-state index contributed by atoms with van der Waals surface area (Å²) in [4.78, 5) is 8.84. The Labute approximate surface area is 164 Å². The third kappa shape index (κ3) is 3.67. The number of rotatable bonds is 7. The molecular formula is C22H23N5O. The highest BCUT2D eigenvalue weighted by Gasteiger charge is 2.11. The van der Waals surface area contributed by atoms with Crippen molar-refractivity contribution in [3.8, 4) is 11.4 Å². The van der Waals surface area contributed by atoms with Gasteiger partial charge in [0.15, 0.2) is 5.65 Å². The van der Waals surface area contributed by atoms with E-state index in [-0.39, 0.29) is 0 Å². The minimum Gasteiger partial charge on any atom is -0.497 e. The van der Waals surface area contributed by atoms with Crippen LogP contribution in [0.25, 0.3) is 16.7 Å². The van der Waals surface area contributed by atoms with Crippen LogP contribution in [0.2, 0.25) is 0 Å². The summed E-state index contributed by atoms with van der Waals surface area (Å²) in [5.41, 5.74) is 4.02. The molecule has 4 aromatic rings. The highest BCUT2D eigenvalue weighted by atomic mass is 16.5. The van der Waals surface area contributed by atoms with Crippen LogP contribution in [0.15, 0.2) is 61.1 Å². The van der Waals surface area contributed by atoms with Gasteiger partial charge in [-0.25, -0.2) is 14.6 Å². The van der Waals surface area contributed by atoms with Gasteiger partial charge < -0.3 is 10.1 Å². The molecule has 6 heteroatoms. The fourth-order valence-corrected chi connectivity index (χ4v) is 3.13. The van der Waals surface area contributed by atoms with Crippen LogP contribution in [0.5, 0.6) is 5.75 Å². The summed E-state index contributed by atoms with van der Waals surface area (Å²) < 4.78 is 7.03. The van der Waals surface area contributed by atoms with Crippen LogP contribution in [0.3, 0.4) is 0 Å². The molecule has 28 heavy (non-hydrogen) atoms. The number of nitrogens with zero attached hydrogens (tertiary/aromatic N) is 4. The van der Waals surface area contributed by atoms with Gasteiger partial charge in [-0.3, -0.25) is 0 Å². The maximum Gasteiger partial charge on any atom is 0.168 e. The number of ether oxygens (including phenoxy) is 1. The van der Waals surface area contributed by atoms with Crippen molar-refractivity contribution in [3.05, 3.63) is 66.6 Å². The zero-order valence-corrected chi connectivity index (χ0v) is 16.1. The molecule has 0 fully saturated rings. The van der Waals surface area contributed by atoms with E-state index in [1.54, 1.807) is 24.3 Å². The van der Waals surface area contributed by atoms with Gasteiger partial charge in [0, 0.05) is 5.69 Å². The van der Waals surface area contributed by atoms with Gasteiger partial charge in [-0.1, -0.05) is 25.5 Å². The molecule has 0 saturated carbocycles. The first-order valence-corrected chi connectivity index (χ1v) is 9.47. The Bertz CT molecular complexity index is 1050. The SMILES string of the molecule is CCCCc1ccc(Nc2ncnc3c2cnn3-c2ccc(OC)cc2)cc1. The summed E-state index contributed by atoms with van der Waals surface area (Å²) >= 11 is 0. The number of anilines is 2. The van der Waals surface area contributed by atoms with Crippen molar-refractivity contribution in [3.63, 3.8) is 0 Å². The van der Waals surface area contributed by atoms with Crippen LogP contribution in [0, 0.1) is 0 Å². The minimum atomic E-state index is 0.742. The van der Waals surface area contributed by atoms with Crippen LogP contribution in [-0.2, 0) is 6.42 Å². The first-order valence-electron chi connectivity index (χ1n) is 9.47. The van der Waals surface area contributed by atoms with Gasteiger partial charge in [0.2, 0.25) is 0 Å². The Morgan fingerprint density at radius 2 is 1.79 bits per heavy atom. The fourth-order valence-electron chi connectivity index (χ4n) is 3.13. The van der Waals surface area contributed by atoms with Gasteiger partial charge in [0.1, 0.15) is 17.9 Å². The standard InChI is InChI=1S/C22H23N5O/c1-3-4-5-16-6-8-17(9-7-16)26-21-20-14-25-27(22(20)24-15-23-21)18-10-12-19(28-2)13-11-18/h6-15H,3-5H2,1-2H3,(H,23,24,26). The van der Waals surface area contributed by atoms with E-state index in [2.05, 4.69) is 51.6 Å². The molecule has 0 spiro atoms. The predicted molar refractivity (Wildman–Crippen MR) is 112 cm³/mol. The Morgan fingerprint density at radius 3 is 2.50 bits per heavy atom. The van der Waals surface area contributed by atoms with Crippen molar-refractivity contribution >= 4 is 22.5 Å². The predicted octanol–water partition coefficient (Wildman–Crippen LogP) is 4.91. The van der Waals surface area contributed by atoms with Crippen LogP contribution in [-0.4, -0.2) is 26.9 Å². The summed E-state index contributed by atoms with van der Waals surface area (Å²) in [5.74, 6) is 1.55. The van der Waals surface area contributed by atoms with E-state index in [4.69, 9.17) is 4.74 Å². The fraction of sp³-hybridized carbons (Fsp3) is 0.227. The largest absolute Gasteiger partial charge is 0.497 e. The van der Waals surface area contributed by atoms with E-state index < -0.39 is 0 Å². The molecule has 142 valence electrons. The van der Waals surface area contributed by atoms with E-state index >= 15 is 0 Å². The molecule has 0 radical (unpaired) electrons. The van der Waals surface area contributed by atoms with Crippen LogP contribution in [0.1, 0.15) is 25.3 Å². The quantitative estimate of drug-likeness (QED) is 0.499. The van der Waals surface area contributed by atoms with Gasteiger partial charge >= 0.3 is 0 Å². The van der Waals surface area contributed by atoms with Gasteiger partial charge in [-0.15, -0.1) is 0 Å². The summed E-state index contributed by atoms with van der Waals surface area (Å²) in [6.07, 6.45) is 6.88. The van der Waals surface area contributed by atoms with Crippen LogP contribution in [0.4, 0.5) is 11.5 Å². The van der Waals surface area contributed by atoms with Crippen molar-refractivity contribution in [1.29, 1.82) is 0 Å². The number of benzene rings is 2. The lowest BCUT2D eigenvalue weighted by Crippen LogP contribution is -1.99. The zero-order valence-electron chi connectivity index (χ0n) is 16.1. The summed E-state index contributed by atoms with van der Waals surface area (Å²) in [6.45, 7) is 2.21. The average molecular weight is 373 g/mol. The van der Waals surface area contributed by atoms with Gasteiger partial charge in [0.05, 0.1) is 24.4 Å².